The monoisotopic (exact) mass is 269 g/mol. The van der Waals surface area contributed by atoms with Crippen molar-refractivity contribution in [2.24, 2.45) is 0 Å². The fourth-order valence-corrected chi connectivity index (χ4v) is 1.72. The number of rotatable bonds is 3. The van der Waals surface area contributed by atoms with E-state index >= 15 is 0 Å². The molecule has 0 spiro atoms. The first-order chi connectivity index (χ1) is 9.00. The third kappa shape index (κ3) is 3.29. The zero-order valence-corrected chi connectivity index (χ0v) is 10.3. The number of hydrogen-bond donors (Lipinski definition) is 3. The number of hydrazine groups is 1. The highest BCUT2D eigenvalue weighted by molar-refractivity contribution is 5.66. The van der Waals surface area contributed by atoms with E-state index in [2.05, 4.69) is 16.2 Å². The molecule has 1 aromatic carbocycles. The highest BCUT2D eigenvalue weighted by Crippen LogP contribution is 2.29. The molecule has 0 aromatic heterocycles. The van der Waals surface area contributed by atoms with Gasteiger partial charge in [-0.15, -0.1) is 0 Å². The van der Waals surface area contributed by atoms with Gasteiger partial charge >= 0.3 is 6.18 Å². The Morgan fingerprint density at radius 2 is 1.74 bits per heavy atom. The van der Waals surface area contributed by atoms with E-state index in [0.29, 0.717) is 12.1 Å². The molecule has 0 saturated carbocycles. The van der Waals surface area contributed by atoms with Crippen molar-refractivity contribution < 1.29 is 13.2 Å². The van der Waals surface area contributed by atoms with Gasteiger partial charge in [-0.1, -0.05) is 12.1 Å². The number of allylic oxidation sites excluding steroid dienone is 2. The summed E-state index contributed by atoms with van der Waals surface area (Å²) in [4.78, 5) is 0. The van der Waals surface area contributed by atoms with Crippen LogP contribution in [-0.4, -0.2) is 13.6 Å². The van der Waals surface area contributed by atoms with Crippen LogP contribution in [0.1, 0.15) is 11.1 Å². The number of benzene rings is 1. The summed E-state index contributed by atoms with van der Waals surface area (Å²) < 4.78 is 37.3. The van der Waals surface area contributed by atoms with Gasteiger partial charge in [0, 0.05) is 12.2 Å². The number of hydrogen-bond acceptors (Lipinski definition) is 3. The van der Waals surface area contributed by atoms with E-state index in [0.717, 1.165) is 23.5 Å². The lowest BCUT2D eigenvalue weighted by Gasteiger charge is -2.19. The summed E-state index contributed by atoms with van der Waals surface area (Å²) in [5.74, 6) is 0. The summed E-state index contributed by atoms with van der Waals surface area (Å²) in [6.45, 7) is 0.684. The zero-order valence-electron chi connectivity index (χ0n) is 10.3. The van der Waals surface area contributed by atoms with E-state index in [1.807, 2.05) is 19.2 Å². The van der Waals surface area contributed by atoms with Crippen LogP contribution in [0, 0.1) is 0 Å². The predicted octanol–water partition coefficient (Wildman–Crippen LogP) is 2.26. The molecule has 0 aliphatic carbocycles. The molecule has 0 saturated heterocycles. The van der Waals surface area contributed by atoms with Gasteiger partial charge in [0.25, 0.3) is 0 Å². The molecule has 3 nitrogen and oxygen atoms in total. The Labute approximate surface area is 109 Å². The van der Waals surface area contributed by atoms with Gasteiger partial charge in [0.05, 0.1) is 11.3 Å². The number of likely N-dealkylation sites (N-methyl/N-ethyl adjacent to an activating group) is 1. The van der Waals surface area contributed by atoms with Crippen LogP contribution in [0.5, 0.6) is 0 Å². The Balaban J connectivity index is 2.16. The second-order valence-electron chi connectivity index (χ2n) is 4.13. The van der Waals surface area contributed by atoms with Crippen molar-refractivity contribution in [3.8, 4) is 0 Å². The molecule has 1 heterocycles. The van der Waals surface area contributed by atoms with Crippen LogP contribution in [0.25, 0.3) is 5.70 Å². The van der Waals surface area contributed by atoms with Crippen LogP contribution in [-0.2, 0) is 6.18 Å². The van der Waals surface area contributed by atoms with Gasteiger partial charge < -0.3 is 16.2 Å². The van der Waals surface area contributed by atoms with Gasteiger partial charge in [0.1, 0.15) is 0 Å². The topological polar surface area (TPSA) is 36.1 Å². The SMILES string of the molecule is CNCC1=CC=C(c2ccc(C(F)(F)F)cc2)NN1. The second-order valence-corrected chi connectivity index (χ2v) is 4.13. The standard InChI is InChI=1S/C13H14F3N3/c1-17-8-11-6-7-12(19-18-11)9-2-4-10(5-3-9)13(14,15)16/h2-7,17-19H,8H2,1H3. The van der Waals surface area contributed by atoms with Crippen molar-refractivity contribution in [2.75, 3.05) is 13.6 Å². The number of halogens is 3. The van der Waals surface area contributed by atoms with Gasteiger partial charge in [-0.25, -0.2) is 0 Å². The number of nitrogens with one attached hydrogen (secondary N) is 3. The molecule has 102 valence electrons. The Kier molecular flexibility index (Phi) is 3.80. The minimum atomic E-state index is -4.30. The van der Waals surface area contributed by atoms with Gasteiger partial charge in [-0.3, -0.25) is 0 Å². The van der Waals surface area contributed by atoms with Crippen LogP contribution in [0.2, 0.25) is 0 Å². The molecule has 19 heavy (non-hydrogen) atoms. The molecule has 1 aliphatic rings. The fraction of sp³-hybridized carbons (Fsp3) is 0.231. The van der Waals surface area contributed by atoms with Crippen LogP contribution in [0.4, 0.5) is 13.2 Å². The second kappa shape index (κ2) is 5.36. The van der Waals surface area contributed by atoms with Crippen LogP contribution >= 0.6 is 0 Å². The third-order valence-corrected chi connectivity index (χ3v) is 2.70. The Morgan fingerprint density at radius 1 is 1.05 bits per heavy atom. The van der Waals surface area contributed by atoms with E-state index < -0.39 is 11.7 Å². The van der Waals surface area contributed by atoms with Crippen LogP contribution in [0.3, 0.4) is 0 Å². The van der Waals surface area contributed by atoms with Gasteiger partial charge in [-0.2, -0.15) is 13.2 Å². The lowest BCUT2D eigenvalue weighted by atomic mass is 10.1. The summed E-state index contributed by atoms with van der Waals surface area (Å²) in [6.07, 6.45) is -0.600. The normalized spacial score (nSPS) is 15.2. The Hall–Kier alpha value is -1.95. The van der Waals surface area contributed by atoms with Gasteiger partial charge in [0.2, 0.25) is 0 Å². The number of alkyl halides is 3. The molecule has 3 N–H and O–H groups in total. The van der Waals surface area contributed by atoms with Crippen molar-refractivity contribution in [2.45, 2.75) is 6.18 Å². The third-order valence-electron chi connectivity index (χ3n) is 2.70. The molecular formula is C13H14F3N3. The molecule has 0 bridgehead atoms. The van der Waals surface area contributed by atoms with E-state index in [4.69, 9.17) is 0 Å². The highest BCUT2D eigenvalue weighted by atomic mass is 19.4. The average Bonchev–Trinajstić information content (AvgIpc) is 2.39. The van der Waals surface area contributed by atoms with Crippen molar-refractivity contribution in [1.82, 2.24) is 16.2 Å². The molecule has 1 aromatic rings. The summed E-state index contributed by atoms with van der Waals surface area (Å²) >= 11 is 0. The van der Waals surface area contributed by atoms with Gasteiger partial charge in [-0.05, 0) is 36.9 Å². The van der Waals surface area contributed by atoms with E-state index in [9.17, 15) is 13.2 Å². The summed E-state index contributed by atoms with van der Waals surface area (Å²) in [5.41, 5.74) is 7.66. The summed E-state index contributed by atoms with van der Waals surface area (Å²) in [5, 5.41) is 2.99. The lowest BCUT2D eigenvalue weighted by molar-refractivity contribution is -0.137. The van der Waals surface area contributed by atoms with Crippen LogP contribution < -0.4 is 16.2 Å². The van der Waals surface area contributed by atoms with Crippen molar-refractivity contribution >= 4 is 5.70 Å². The molecule has 0 radical (unpaired) electrons. The smallest absolute Gasteiger partial charge is 0.314 e. The first kappa shape index (κ1) is 13.5. The molecule has 0 atom stereocenters. The minimum absolute atomic E-state index is 0.646. The average molecular weight is 269 g/mol. The van der Waals surface area contributed by atoms with Crippen molar-refractivity contribution in [3.05, 3.63) is 53.2 Å². The highest BCUT2D eigenvalue weighted by Gasteiger charge is 2.30. The lowest BCUT2D eigenvalue weighted by Crippen LogP contribution is -2.35. The molecule has 6 heteroatoms. The largest absolute Gasteiger partial charge is 0.416 e. The maximum absolute atomic E-state index is 12.4. The van der Waals surface area contributed by atoms with Crippen molar-refractivity contribution in [3.63, 3.8) is 0 Å². The maximum Gasteiger partial charge on any atom is 0.416 e. The molecule has 0 unspecified atom stereocenters. The van der Waals surface area contributed by atoms with E-state index in [-0.39, 0.29) is 0 Å². The first-order valence-electron chi connectivity index (χ1n) is 5.76. The minimum Gasteiger partial charge on any atom is -0.314 e. The van der Waals surface area contributed by atoms with E-state index in [1.54, 1.807) is 0 Å². The first-order valence-corrected chi connectivity index (χ1v) is 5.76. The van der Waals surface area contributed by atoms with Crippen LogP contribution in [0.15, 0.2) is 42.1 Å². The molecule has 2 rings (SSSR count). The molecule has 0 fully saturated rings. The molecule has 0 amide bonds. The Morgan fingerprint density at radius 3 is 2.21 bits per heavy atom. The summed E-state index contributed by atoms with van der Waals surface area (Å²) in [6, 6.07) is 5.04. The predicted molar refractivity (Wildman–Crippen MR) is 67.7 cm³/mol. The quantitative estimate of drug-likeness (QED) is 0.787. The van der Waals surface area contributed by atoms with Crippen molar-refractivity contribution in [1.29, 1.82) is 0 Å². The molecular weight excluding hydrogens is 255 g/mol. The summed E-state index contributed by atoms with van der Waals surface area (Å²) in [7, 11) is 1.83. The maximum atomic E-state index is 12.4. The zero-order chi connectivity index (χ0) is 13.9. The molecule has 1 aliphatic heterocycles. The van der Waals surface area contributed by atoms with Gasteiger partial charge in [0.15, 0.2) is 0 Å². The van der Waals surface area contributed by atoms with E-state index in [1.165, 1.54) is 12.1 Å². The Bertz CT molecular complexity index is 501. The fourth-order valence-electron chi connectivity index (χ4n) is 1.72.